The van der Waals surface area contributed by atoms with E-state index >= 15 is 0 Å². The summed E-state index contributed by atoms with van der Waals surface area (Å²) < 4.78 is 140. The summed E-state index contributed by atoms with van der Waals surface area (Å²) in [7, 11) is 0. The zero-order valence-electron chi connectivity index (χ0n) is 84.0. The Hall–Kier alpha value is -6.04. The number of carbonyl (C=O) groups is 8. The molecule has 12 aliphatic heterocycles. The van der Waals surface area contributed by atoms with Crippen LogP contribution in [-0.2, 0) is 147 Å². The van der Waals surface area contributed by atoms with Gasteiger partial charge in [0.1, 0.15) is 195 Å². The highest BCUT2D eigenvalue weighted by Gasteiger charge is 2.64. The van der Waals surface area contributed by atoms with Crippen LogP contribution in [-0.4, -0.2) is 554 Å². The highest BCUT2D eigenvalue weighted by atomic mass is 16.8. The van der Waals surface area contributed by atoms with Gasteiger partial charge in [-0.25, -0.2) is 0 Å². The van der Waals surface area contributed by atoms with Gasteiger partial charge in [-0.15, -0.1) is 0 Å². The molecule has 856 valence electrons. The Balaban J connectivity index is 0.752. The summed E-state index contributed by atoms with van der Waals surface area (Å²) in [4.78, 5) is 103. The summed E-state index contributed by atoms with van der Waals surface area (Å²) in [5.41, 5.74) is 0. The topological polar surface area (TPSA) is 890 Å². The molecule has 12 aliphatic rings. The van der Waals surface area contributed by atoms with Crippen LogP contribution in [0.15, 0.2) is 0 Å². The summed E-state index contributed by atoms with van der Waals surface area (Å²) in [6.45, 7) is 15.5. The molecule has 61 nitrogen and oxygen atoms in total. The molecule has 12 fully saturated rings. The highest BCUT2D eigenvalue weighted by molar-refractivity contribution is 5.76. The first-order valence-corrected chi connectivity index (χ1v) is 48.9. The predicted molar refractivity (Wildman–Crippen MR) is 476 cm³/mol. The average molecular weight is 2160 g/mol. The van der Waals surface area contributed by atoms with Gasteiger partial charge >= 0.3 is 0 Å². The van der Waals surface area contributed by atoms with Gasteiger partial charge in [0, 0.05) is 55.4 Å². The molecule has 30 N–H and O–H groups in total. The quantitative estimate of drug-likeness (QED) is 0.0284. The Labute approximate surface area is 851 Å². The summed E-state index contributed by atoms with van der Waals surface area (Å²) in [6.07, 6.45) is -99.2. The van der Waals surface area contributed by atoms with Crippen molar-refractivity contribution in [3.05, 3.63) is 0 Å². The summed E-state index contributed by atoms with van der Waals surface area (Å²) in [6, 6.07) is -11.3. The fourth-order valence-corrected chi connectivity index (χ4v) is 20.5. The monoisotopic (exact) mass is 2160 g/mol. The Morgan fingerprint density at radius 1 is 0.174 bits per heavy atom. The van der Waals surface area contributed by atoms with Crippen LogP contribution in [0.2, 0.25) is 0 Å². The van der Waals surface area contributed by atoms with E-state index < -0.39 is 442 Å². The summed E-state index contributed by atoms with van der Waals surface area (Å²) >= 11 is 0. The third-order valence-electron chi connectivity index (χ3n) is 28.1. The zero-order valence-corrected chi connectivity index (χ0v) is 84.0. The van der Waals surface area contributed by atoms with Crippen molar-refractivity contribution in [3.63, 3.8) is 0 Å². The van der Waals surface area contributed by atoms with Crippen molar-refractivity contribution >= 4 is 47.3 Å². The Morgan fingerprint density at radius 3 is 0.483 bits per heavy atom. The van der Waals surface area contributed by atoms with Gasteiger partial charge in [0.2, 0.25) is 47.3 Å². The van der Waals surface area contributed by atoms with Crippen LogP contribution in [0.1, 0.15) is 111 Å². The van der Waals surface area contributed by atoms with Crippen molar-refractivity contribution in [3.8, 4) is 0 Å². The van der Waals surface area contributed by atoms with Gasteiger partial charge in [0.25, 0.3) is 0 Å². The minimum atomic E-state index is -2.36. The molecule has 0 unspecified atom stereocenters. The predicted octanol–water partition coefficient (Wildman–Crippen LogP) is -17.8. The van der Waals surface area contributed by atoms with E-state index in [1.807, 2.05) is 0 Å². The maximum Gasteiger partial charge on any atom is 0.217 e. The minimum absolute atomic E-state index is 0.580. The molecule has 12 heterocycles. The van der Waals surface area contributed by atoms with E-state index in [2.05, 4.69) is 42.5 Å². The van der Waals surface area contributed by atoms with Crippen molar-refractivity contribution in [2.45, 2.75) is 479 Å². The molecule has 61 heteroatoms. The average Bonchev–Trinajstić information content (AvgIpc) is 0.764. The number of hydrogen-bond acceptors (Lipinski definition) is 53. The van der Waals surface area contributed by atoms with Crippen LogP contribution in [0.4, 0.5) is 0 Å². The molecule has 0 aromatic heterocycles. The molecular weight excluding hydrogens is 2020 g/mol. The molecule has 12 rings (SSSR count). The fourth-order valence-electron chi connectivity index (χ4n) is 20.5. The first kappa shape index (κ1) is 122. The van der Waals surface area contributed by atoms with Crippen molar-refractivity contribution in [2.24, 2.45) is 0 Å². The first-order valence-electron chi connectivity index (χ1n) is 48.9. The maximum atomic E-state index is 13.2. The standard InChI is InChI=1S/C88H146N8O53/c1-21-41(89-29(9)101)53(113)54(114)78(127-21)139-66-42(90-30(10)102)25(5)132-83(59(66)119)147-74-50(110)38(18-98)136-86(63(74)123)144-71-47(95-35(15)107)23(3)129-80(57(71)117)141-68-44(92-32(12)104)27(7)134-85(61(68)121)149-76-52(112)40(20-100)138-88(65(76)125)145-72-48(96-36(16)108)24(4)130-81(58(72)118)142-69-45(93-33(13)105)28(8)133-84(62(69)122)148-75-51(111)39(19-99)137-87(64(75)124)143-70-46(94-34(14)106)22(2)128-79(56(70)116)140-67-43(91-31(11)103)26(6)131-82(60(67)120)146-73-49(109)37(17-97)135-77(126)55(73)115/h21-28,37-88,97-100,109-126H,17-20H2,1-16H3,(H,89,101)(H,90,102)(H,91,103)(H,92,104)(H,93,105)(H,94,106)(H,95,107)(H,96,108)/t21-,22-,23-,24-,25-,26-,27-,28-,37-,38-,39-,40-,41-,42-,43-,44-,45-,46-,47-,48-,49-,50-,51-,52-,53+,54+,55+,56+,57+,58+,59+,60+,61+,62+,63+,64+,65+,66+,67+,68+,69+,70+,71+,72+,73+,74+,75+,76+,77-,78-,79-,80-,81-,82-,83-,84-,85-,86+,87+,88+/m1/s1. The lowest BCUT2D eigenvalue weighted by Crippen LogP contribution is -2.71. The third kappa shape index (κ3) is 27.5. The molecule has 0 radical (unpaired) electrons. The molecule has 0 saturated carbocycles. The lowest BCUT2D eigenvalue weighted by molar-refractivity contribution is -0.389. The zero-order chi connectivity index (χ0) is 110. The molecule has 149 heavy (non-hydrogen) atoms. The molecular formula is C88H146N8O53. The summed E-state index contributed by atoms with van der Waals surface area (Å²) in [5.74, 6) is -5.83. The van der Waals surface area contributed by atoms with E-state index in [0.717, 1.165) is 55.4 Å². The number of ether oxygens (including phenoxy) is 23. The number of nitrogens with one attached hydrogen (secondary N) is 8. The highest BCUT2D eigenvalue weighted by Crippen LogP contribution is 2.43. The van der Waals surface area contributed by atoms with Crippen molar-refractivity contribution in [1.82, 2.24) is 42.5 Å². The fraction of sp³-hybridized carbons (Fsp3) is 0.909. The second-order valence-corrected chi connectivity index (χ2v) is 39.4. The van der Waals surface area contributed by atoms with Gasteiger partial charge in [-0.3, -0.25) is 38.4 Å². The summed E-state index contributed by atoms with van der Waals surface area (Å²) in [5, 5.41) is 278. The van der Waals surface area contributed by atoms with Gasteiger partial charge in [-0.1, -0.05) is 0 Å². The molecule has 0 bridgehead atoms. The van der Waals surface area contributed by atoms with E-state index in [1.165, 1.54) is 55.4 Å². The van der Waals surface area contributed by atoms with Crippen molar-refractivity contribution < 1.29 is 260 Å². The van der Waals surface area contributed by atoms with E-state index in [4.69, 9.17) is 109 Å². The molecule has 0 aliphatic carbocycles. The van der Waals surface area contributed by atoms with Gasteiger partial charge in [-0.2, -0.15) is 0 Å². The lowest BCUT2D eigenvalue weighted by atomic mass is 9.93. The number of amides is 8. The molecule has 0 spiro atoms. The Kier molecular flexibility index (Phi) is 42.4. The number of aliphatic hydroxyl groups is 22. The molecule has 8 amide bonds. The second kappa shape index (κ2) is 52.0. The lowest BCUT2D eigenvalue weighted by Gasteiger charge is -2.51. The van der Waals surface area contributed by atoms with Crippen LogP contribution in [0, 0.1) is 0 Å². The van der Waals surface area contributed by atoms with E-state index in [9.17, 15) is 151 Å². The van der Waals surface area contributed by atoms with E-state index in [1.54, 1.807) is 0 Å². The van der Waals surface area contributed by atoms with Crippen LogP contribution in [0.3, 0.4) is 0 Å². The minimum Gasteiger partial charge on any atom is -0.394 e. The number of rotatable bonds is 34. The smallest absolute Gasteiger partial charge is 0.217 e. The van der Waals surface area contributed by atoms with Crippen LogP contribution < -0.4 is 42.5 Å². The van der Waals surface area contributed by atoms with Crippen LogP contribution in [0.5, 0.6) is 0 Å². The third-order valence-corrected chi connectivity index (χ3v) is 28.1. The number of hydrogen-bond donors (Lipinski definition) is 30. The van der Waals surface area contributed by atoms with Gasteiger partial charge in [-0.05, 0) is 55.4 Å². The van der Waals surface area contributed by atoms with Crippen molar-refractivity contribution in [1.29, 1.82) is 0 Å². The number of aliphatic hydroxyl groups excluding tert-OH is 22. The molecule has 12 saturated heterocycles. The van der Waals surface area contributed by atoms with Crippen LogP contribution in [0.25, 0.3) is 0 Å². The van der Waals surface area contributed by atoms with Crippen molar-refractivity contribution in [2.75, 3.05) is 26.4 Å². The normalized spacial score (nSPS) is 48.9. The Morgan fingerprint density at radius 2 is 0.309 bits per heavy atom. The van der Waals surface area contributed by atoms with E-state index in [-0.39, 0.29) is 0 Å². The van der Waals surface area contributed by atoms with Gasteiger partial charge < -0.3 is 264 Å². The molecule has 0 aromatic carbocycles. The van der Waals surface area contributed by atoms with Crippen LogP contribution >= 0.6 is 0 Å². The first-order chi connectivity index (χ1) is 70.0. The molecule has 0 aromatic rings. The maximum absolute atomic E-state index is 13.2. The van der Waals surface area contributed by atoms with E-state index in [0.29, 0.717) is 0 Å². The van der Waals surface area contributed by atoms with Gasteiger partial charge in [0.15, 0.2) is 75.5 Å². The number of carbonyl (C=O) groups excluding carboxylic acids is 8. The largest absolute Gasteiger partial charge is 0.394 e. The SMILES string of the molecule is CC(=O)N[C@H]1[C@H](O)[C@H](O)[C@@H](O[C@@H]2[C@H](O)[C@@H](O[C@@H]3[C@H](O)[C@H](O[C@@H]4[C@H](O)[C@@H](O[C@@H]5[C@H](O)[C@@H](O[C@@H]6[C@H](O)[C@H](O[C@@H]7[C@H](O)[C@@H](O[C@@H]8[C@H](O)[C@@H](O[C@@H]9[C@H](O)[C@H](O[C@@H]%10[C@H](O)[C@@H](O[C@@H]%11[C@H](O)[C@@H](O[C@@H]%12[C@H](O)[C@H](O)O[C@H](CO)[C@H]%12O)O[C@H](C)[C@H]%11NC(C)=O)O[C@H](C)[C@H]%10NC(C)=O)O[C@H](CO)[C@H]9O)O[C@H](C)[C@H]8NC(C)=O)O[C@H](C)[C@H]7NC(C)=O)O[C@H](CO)[C@H]6O)O[C@H](C)[C@H]5NC(C)=O)O[C@H](C)[C@H]4NC(C)=O)O[C@H](CO)[C@H]3O)O[C@H](C)[C@H]2NC(C)=O)O[C@@H]1C. The second-order valence-electron chi connectivity index (χ2n) is 39.4. The Bertz CT molecular complexity index is 4340. The van der Waals surface area contributed by atoms with Gasteiger partial charge in [0.05, 0.1) is 124 Å². The molecule has 60 atom stereocenters.